The molecule has 0 spiro atoms. The number of carbonyl (C=O) groups is 2. The van der Waals surface area contributed by atoms with Gasteiger partial charge in [0.25, 0.3) is 5.91 Å². The van der Waals surface area contributed by atoms with Crippen molar-refractivity contribution >= 4 is 39.2 Å². The van der Waals surface area contributed by atoms with Gasteiger partial charge in [0.15, 0.2) is 6.61 Å². The van der Waals surface area contributed by atoms with Crippen molar-refractivity contribution in [2.24, 2.45) is 0 Å². The van der Waals surface area contributed by atoms with Gasteiger partial charge in [-0.1, -0.05) is 37.6 Å². The summed E-state index contributed by atoms with van der Waals surface area (Å²) < 4.78 is 44.9. The minimum Gasteiger partial charge on any atom is -0.452 e. The largest absolute Gasteiger partial charge is 0.452 e. The fourth-order valence-electron chi connectivity index (χ4n) is 2.54. The maximum atomic E-state index is 13.7. The number of nitrogens with zero attached hydrogens (tertiary/aromatic N) is 1. The standard InChI is InChI=1S/C19H20ClFN2O5S/c1-3-23(4-2)29(26,27)14-8-5-7-13(11-14)22-17(24)12-28-19(25)18-15(20)9-6-10-16(18)21/h5-11H,3-4,12H2,1-2H3,(H,22,24). The van der Waals surface area contributed by atoms with Gasteiger partial charge < -0.3 is 10.1 Å². The van der Waals surface area contributed by atoms with Gasteiger partial charge in [-0.05, 0) is 30.3 Å². The molecule has 1 amide bonds. The molecule has 0 aliphatic heterocycles. The number of anilines is 1. The smallest absolute Gasteiger partial charge is 0.343 e. The lowest BCUT2D eigenvalue weighted by Gasteiger charge is -2.18. The molecular weight excluding hydrogens is 423 g/mol. The van der Waals surface area contributed by atoms with Crippen molar-refractivity contribution in [3.05, 3.63) is 58.9 Å². The molecule has 0 bridgehead atoms. The quantitative estimate of drug-likeness (QED) is 0.633. The molecule has 0 unspecified atom stereocenters. The monoisotopic (exact) mass is 442 g/mol. The molecule has 0 saturated heterocycles. The molecule has 2 aromatic rings. The Bertz CT molecular complexity index is 989. The minimum atomic E-state index is -3.69. The van der Waals surface area contributed by atoms with Crippen molar-refractivity contribution in [1.29, 1.82) is 0 Å². The molecule has 2 rings (SSSR count). The van der Waals surface area contributed by atoms with E-state index in [9.17, 15) is 22.4 Å². The van der Waals surface area contributed by atoms with E-state index in [0.717, 1.165) is 6.07 Å². The summed E-state index contributed by atoms with van der Waals surface area (Å²) in [5.41, 5.74) is -0.252. The molecule has 0 heterocycles. The van der Waals surface area contributed by atoms with Gasteiger partial charge in [0.2, 0.25) is 10.0 Å². The number of hydrogen-bond donors (Lipinski definition) is 1. The van der Waals surface area contributed by atoms with Crippen LogP contribution in [0.2, 0.25) is 5.02 Å². The maximum Gasteiger partial charge on any atom is 0.343 e. The summed E-state index contributed by atoms with van der Waals surface area (Å²) in [6, 6.07) is 9.41. The molecule has 0 saturated carbocycles. The number of amides is 1. The number of ether oxygens (including phenoxy) is 1. The van der Waals surface area contributed by atoms with Gasteiger partial charge in [-0.15, -0.1) is 0 Å². The highest BCUT2D eigenvalue weighted by atomic mass is 35.5. The molecule has 29 heavy (non-hydrogen) atoms. The van der Waals surface area contributed by atoms with Gasteiger partial charge in [0, 0.05) is 18.8 Å². The van der Waals surface area contributed by atoms with Crippen LogP contribution >= 0.6 is 11.6 Å². The summed E-state index contributed by atoms with van der Waals surface area (Å²) in [5.74, 6) is -2.67. The van der Waals surface area contributed by atoms with E-state index in [1.54, 1.807) is 13.8 Å². The van der Waals surface area contributed by atoms with Gasteiger partial charge in [-0.3, -0.25) is 4.79 Å². The average Bonchev–Trinajstić information content (AvgIpc) is 2.67. The number of nitrogens with one attached hydrogen (secondary N) is 1. The second kappa shape index (κ2) is 9.82. The van der Waals surface area contributed by atoms with Crippen LogP contribution in [0, 0.1) is 5.82 Å². The molecule has 0 radical (unpaired) electrons. The van der Waals surface area contributed by atoms with Crippen LogP contribution < -0.4 is 5.32 Å². The number of esters is 1. The third-order valence-corrected chi connectivity index (χ3v) is 6.32. The van der Waals surface area contributed by atoms with Gasteiger partial charge in [-0.25, -0.2) is 17.6 Å². The molecule has 156 valence electrons. The van der Waals surface area contributed by atoms with Crippen molar-refractivity contribution in [1.82, 2.24) is 4.31 Å². The Morgan fingerprint density at radius 3 is 2.41 bits per heavy atom. The zero-order valence-corrected chi connectivity index (χ0v) is 17.4. The first-order valence-corrected chi connectivity index (χ1v) is 10.5. The molecule has 1 N–H and O–H groups in total. The normalized spacial score (nSPS) is 11.3. The SMILES string of the molecule is CCN(CC)S(=O)(=O)c1cccc(NC(=O)COC(=O)c2c(F)cccc2Cl)c1. The second-order valence-corrected chi connectivity index (χ2v) is 8.18. The maximum absolute atomic E-state index is 13.7. The summed E-state index contributed by atoms with van der Waals surface area (Å²) in [5, 5.41) is 2.31. The van der Waals surface area contributed by atoms with Crippen molar-refractivity contribution < 1.29 is 27.1 Å². The first-order valence-electron chi connectivity index (χ1n) is 8.71. The molecular formula is C19H20ClFN2O5S. The number of benzene rings is 2. The zero-order chi connectivity index (χ0) is 21.6. The van der Waals surface area contributed by atoms with Crippen molar-refractivity contribution in [2.45, 2.75) is 18.7 Å². The van der Waals surface area contributed by atoms with Gasteiger partial charge >= 0.3 is 5.97 Å². The first-order chi connectivity index (χ1) is 13.7. The van der Waals surface area contributed by atoms with E-state index >= 15 is 0 Å². The highest BCUT2D eigenvalue weighted by Crippen LogP contribution is 2.21. The van der Waals surface area contributed by atoms with Crippen molar-refractivity contribution in [3.8, 4) is 0 Å². The van der Waals surface area contributed by atoms with Crippen LogP contribution in [0.1, 0.15) is 24.2 Å². The van der Waals surface area contributed by atoms with Crippen LogP contribution in [0.4, 0.5) is 10.1 Å². The lowest BCUT2D eigenvalue weighted by Crippen LogP contribution is -2.30. The molecule has 0 aliphatic rings. The Morgan fingerprint density at radius 1 is 1.14 bits per heavy atom. The van der Waals surface area contributed by atoms with Crippen LogP contribution in [-0.2, 0) is 19.6 Å². The highest BCUT2D eigenvalue weighted by Gasteiger charge is 2.22. The van der Waals surface area contributed by atoms with Crippen LogP contribution in [0.25, 0.3) is 0 Å². The Morgan fingerprint density at radius 2 is 1.79 bits per heavy atom. The van der Waals surface area contributed by atoms with E-state index in [1.807, 2.05) is 0 Å². The van der Waals surface area contributed by atoms with E-state index in [1.165, 1.54) is 40.7 Å². The Hall–Kier alpha value is -2.49. The Balaban J connectivity index is 2.06. The second-order valence-electron chi connectivity index (χ2n) is 5.84. The average molecular weight is 443 g/mol. The van der Waals surface area contributed by atoms with E-state index in [2.05, 4.69) is 5.32 Å². The summed E-state index contributed by atoms with van der Waals surface area (Å²) >= 11 is 5.78. The predicted octanol–water partition coefficient (Wildman–Crippen LogP) is 3.31. The minimum absolute atomic E-state index is 0.0223. The van der Waals surface area contributed by atoms with Crippen molar-refractivity contribution in [3.63, 3.8) is 0 Å². The zero-order valence-electron chi connectivity index (χ0n) is 15.8. The Labute approximate surface area is 173 Å². The molecule has 10 heteroatoms. The van der Waals surface area contributed by atoms with E-state index in [-0.39, 0.29) is 15.6 Å². The van der Waals surface area contributed by atoms with Crippen LogP contribution in [0.15, 0.2) is 47.4 Å². The van der Waals surface area contributed by atoms with Crippen LogP contribution in [0.3, 0.4) is 0 Å². The molecule has 0 aliphatic carbocycles. The Kier molecular flexibility index (Phi) is 7.72. The lowest BCUT2D eigenvalue weighted by molar-refractivity contribution is -0.119. The summed E-state index contributed by atoms with van der Waals surface area (Å²) in [7, 11) is -3.69. The first kappa shape index (κ1) is 22.8. The summed E-state index contributed by atoms with van der Waals surface area (Å²) in [6.07, 6.45) is 0. The van der Waals surface area contributed by atoms with Gasteiger partial charge in [0.1, 0.15) is 11.4 Å². The van der Waals surface area contributed by atoms with Gasteiger partial charge in [-0.2, -0.15) is 4.31 Å². The number of carbonyl (C=O) groups excluding carboxylic acids is 2. The summed E-state index contributed by atoms with van der Waals surface area (Å²) in [6.45, 7) is 3.37. The third-order valence-electron chi connectivity index (χ3n) is 3.96. The lowest BCUT2D eigenvalue weighted by atomic mass is 10.2. The number of halogens is 2. The molecule has 0 fully saturated rings. The fraction of sp³-hybridized carbons (Fsp3) is 0.263. The number of hydrogen-bond acceptors (Lipinski definition) is 5. The predicted molar refractivity (Wildman–Crippen MR) is 107 cm³/mol. The highest BCUT2D eigenvalue weighted by molar-refractivity contribution is 7.89. The van der Waals surface area contributed by atoms with Crippen molar-refractivity contribution in [2.75, 3.05) is 25.0 Å². The van der Waals surface area contributed by atoms with Crippen LogP contribution in [0.5, 0.6) is 0 Å². The molecule has 0 atom stereocenters. The number of sulfonamides is 1. The topological polar surface area (TPSA) is 92.8 Å². The molecule has 0 aromatic heterocycles. The summed E-state index contributed by atoms with van der Waals surface area (Å²) in [4.78, 5) is 24.0. The fourth-order valence-corrected chi connectivity index (χ4v) is 4.28. The van der Waals surface area contributed by atoms with E-state index < -0.39 is 39.9 Å². The number of rotatable bonds is 8. The van der Waals surface area contributed by atoms with E-state index in [4.69, 9.17) is 16.3 Å². The van der Waals surface area contributed by atoms with Gasteiger partial charge in [0.05, 0.1) is 9.92 Å². The molecule has 7 nitrogen and oxygen atoms in total. The molecule has 2 aromatic carbocycles. The third kappa shape index (κ3) is 5.53. The van der Waals surface area contributed by atoms with E-state index in [0.29, 0.717) is 13.1 Å². The van der Waals surface area contributed by atoms with Crippen LogP contribution in [-0.4, -0.2) is 44.3 Å².